The van der Waals surface area contributed by atoms with E-state index in [9.17, 15) is 4.79 Å². The van der Waals surface area contributed by atoms with E-state index in [2.05, 4.69) is 15.5 Å². The summed E-state index contributed by atoms with van der Waals surface area (Å²) in [5, 5.41) is 11.4. The van der Waals surface area contributed by atoms with Crippen molar-refractivity contribution in [3.63, 3.8) is 0 Å². The summed E-state index contributed by atoms with van der Waals surface area (Å²) in [5.74, 6) is 0.0881. The first-order valence-electron chi connectivity index (χ1n) is 7.42. The molecular weight excluding hydrogens is 326 g/mol. The first kappa shape index (κ1) is 16.2. The van der Waals surface area contributed by atoms with Crippen LogP contribution in [0.25, 0.3) is 11.5 Å². The lowest BCUT2D eigenvalue weighted by Gasteiger charge is -2.04. The predicted molar refractivity (Wildman–Crippen MR) is 92.4 cm³/mol. The Morgan fingerprint density at radius 3 is 2.58 bits per heavy atom. The summed E-state index contributed by atoms with van der Waals surface area (Å²) in [6.45, 7) is 5.87. The number of aromatic nitrogens is 2. The van der Waals surface area contributed by atoms with Gasteiger partial charge in [-0.25, -0.2) is 0 Å². The van der Waals surface area contributed by atoms with Gasteiger partial charge in [-0.2, -0.15) is 0 Å². The molecule has 3 rings (SSSR count). The standard InChI is InChI=1S/C17H17N3O3S/c1-10-11(2)16(24-12(10)3)18-14(21)9-22-17-20-19-15(23-17)13-7-5-4-6-8-13/h4-8H,9H2,1-3H3,(H,18,21). The number of rotatable bonds is 5. The summed E-state index contributed by atoms with van der Waals surface area (Å²) in [4.78, 5) is 13.2. The lowest BCUT2D eigenvalue weighted by molar-refractivity contribution is -0.118. The van der Waals surface area contributed by atoms with Crippen LogP contribution in [0.3, 0.4) is 0 Å². The number of ether oxygens (including phenoxy) is 1. The Balaban J connectivity index is 1.59. The normalized spacial score (nSPS) is 10.6. The fourth-order valence-corrected chi connectivity index (χ4v) is 3.20. The van der Waals surface area contributed by atoms with E-state index in [1.54, 1.807) is 11.3 Å². The molecule has 124 valence electrons. The van der Waals surface area contributed by atoms with Gasteiger partial charge in [0.25, 0.3) is 11.8 Å². The summed E-state index contributed by atoms with van der Waals surface area (Å²) in [6.07, 6.45) is -0.0285. The second-order valence-electron chi connectivity index (χ2n) is 5.31. The molecule has 0 unspecified atom stereocenters. The number of anilines is 1. The molecule has 2 aromatic heterocycles. The molecule has 0 aliphatic heterocycles. The van der Waals surface area contributed by atoms with Gasteiger partial charge in [-0.15, -0.1) is 16.4 Å². The summed E-state index contributed by atoms with van der Waals surface area (Å²) in [5.41, 5.74) is 3.07. The maximum Gasteiger partial charge on any atom is 0.415 e. The van der Waals surface area contributed by atoms with Crippen molar-refractivity contribution in [3.8, 4) is 17.5 Å². The van der Waals surface area contributed by atoms with Crippen LogP contribution < -0.4 is 10.1 Å². The van der Waals surface area contributed by atoms with Crippen LogP contribution in [0.5, 0.6) is 6.08 Å². The molecule has 1 aromatic carbocycles. The van der Waals surface area contributed by atoms with Crippen molar-refractivity contribution in [2.24, 2.45) is 0 Å². The molecule has 0 saturated heterocycles. The van der Waals surface area contributed by atoms with E-state index >= 15 is 0 Å². The summed E-state index contributed by atoms with van der Waals surface area (Å²) < 4.78 is 10.7. The van der Waals surface area contributed by atoms with Crippen LogP contribution in [0.15, 0.2) is 34.7 Å². The summed E-state index contributed by atoms with van der Waals surface area (Å²) in [7, 11) is 0. The molecule has 0 aliphatic rings. The van der Waals surface area contributed by atoms with Gasteiger partial charge in [0, 0.05) is 10.4 Å². The maximum absolute atomic E-state index is 12.0. The molecule has 0 bridgehead atoms. The van der Waals surface area contributed by atoms with Crippen LogP contribution in [0.2, 0.25) is 0 Å². The number of benzene rings is 1. The van der Waals surface area contributed by atoms with E-state index in [1.165, 1.54) is 10.4 Å². The number of nitrogens with one attached hydrogen (secondary N) is 1. The van der Waals surface area contributed by atoms with Crippen LogP contribution in [0.1, 0.15) is 16.0 Å². The zero-order chi connectivity index (χ0) is 17.1. The molecule has 24 heavy (non-hydrogen) atoms. The second-order valence-corrected chi connectivity index (χ2v) is 6.54. The molecule has 1 amide bonds. The van der Waals surface area contributed by atoms with Crippen molar-refractivity contribution >= 4 is 22.2 Å². The molecule has 0 aliphatic carbocycles. The first-order valence-corrected chi connectivity index (χ1v) is 8.24. The Hall–Kier alpha value is -2.67. The summed E-state index contributed by atoms with van der Waals surface area (Å²) in [6, 6.07) is 9.36. The van der Waals surface area contributed by atoms with E-state index in [0.717, 1.165) is 16.1 Å². The van der Waals surface area contributed by atoms with Crippen LogP contribution in [0, 0.1) is 20.8 Å². The Morgan fingerprint density at radius 1 is 1.17 bits per heavy atom. The summed E-state index contributed by atoms with van der Waals surface area (Å²) >= 11 is 1.55. The van der Waals surface area contributed by atoms with Crippen molar-refractivity contribution in [1.82, 2.24) is 10.2 Å². The van der Waals surface area contributed by atoms with E-state index in [1.807, 2.05) is 51.1 Å². The highest BCUT2D eigenvalue weighted by Crippen LogP contribution is 2.31. The van der Waals surface area contributed by atoms with Crippen LogP contribution in [0.4, 0.5) is 5.00 Å². The van der Waals surface area contributed by atoms with Crippen molar-refractivity contribution in [1.29, 1.82) is 0 Å². The number of nitrogens with zero attached hydrogens (tertiary/aromatic N) is 2. The first-order chi connectivity index (χ1) is 11.5. The van der Waals surface area contributed by atoms with E-state index < -0.39 is 0 Å². The van der Waals surface area contributed by atoms with Gasteiger partial charge in [0.15, 0.2) is 6.61 Å². The van der Waals surface area contributed by atoms with Crippen molar-refractivity contribution < 1.29 is 13.9 Å². The number of carbonyl (C=O) groups is 1. The van der Waals surface area contributed by atoms with Gasteiger partial charge in [0.05, 0.1) is 5.00 Å². The van der Waals surface area contributed by atoms with E-state index in [4.69, 9.17) is 9.15 Å². The Morgan fingerprint density at radius 2 is 1.92 bits per heavy atom. The number of thiophene rings is 1. The second kappa shape index (κ2) is 6.84. The molecule has 0 spiro atoms. The maximum atomic E-state index is 12.0. The Bertz CT molecular complexity index is 855. The van der Waals surface area contributed by atoms with Gasteiger partial charge in [-0.05, 0) is 44.0 Å². The Kier molecular flexibility index (Phi) is 4.61. The van der Waals surface area contributed by atoms with Gasteiger partial charge in [-0.3, -0.25) is 4.79 Å². The molecular formula is C17H17N3O3S. The average Bonchev–Trinajstić information content (AvgIpc) is 3.15. The molecule has 6 nitrogen and oxygen atoms in total. The molecule has 3 aromatic rings. The van der Waals surface area contributed by atoms with Crippen molar-refractivity contribution in [2.45, 2.75) is 20.8 Å². The topological polar surface area (TPSA) is 77.2 Å². The van der Waals surface area contributed by atoms with Crippen LogP contribution >= 0.6 is 11.3 Å². The highest BCUT2D eigenvalue weighted by atomic mass is 32.1. The number of carbonyl (C=O) groups excluding carboxylic acids is 1. The van der Waals surface area contributed by atoms with Crippen LogP contribution in [-0.4, -0.2) is 22.7 Å². The van der Waals surface area contributed by atoms with Gasteiger partial charge in [-0.1, -0.05) is 23.3 Å². The van der Waals surface area contributed by atoms with E-state index in [0.29, 0.717) is 5.89 Å². The van der Waals surface area contributed by atoms with E-state index in [-0.39, 0.29) is 18.6 Å². The number of aryl methyl sites for hydroxylation is 1. The third-order valence-electron chi connectivity index (χ3n) is 3.69. The fraction of sp³-hybridized carbons (Fsp3) is 0.235. The minimum absolute atomic E-state index is 0.0285. The minimum atomic E-state index is -0.265. The molecule has 2 heterocycles. The highest BCUT2D eigenvalue weighted by molar-refractivity contribution is 7.16. The smallest absolute Gasteiger partial charge is 0.415 e. The quantitative estimate of drug-likeness (QED) is 0.763. The SMILES string of the molecule is Cc1sc(NC(=O)COc2nnc(-c3ccccc3)o2)c(C)c1C. The molecule has 0 fully saturated rings. The number of hydrogen-bond donors (Lipinski definition) is 1. The molecule has 7 heteroatoms. The average molecular weight is 343 g/mol. The third kappa shape index (κ3) is 3.46. The van der Waals surface area contributed by atoms with Crippen LogP contribution in [-0.2, 0) is 4.79 Å². The molecule has 1 N–H and O–H groups in total. The molecule has 0 atom stereocenters. The largest absolute Gasteiger partial charge is 0.439 e. The van der Waals surface area contributed by atoms with Gasteiger partial charge in [0.1, 0.15) is 0 Å². The number of hydrogen-bond acceptors (Lipinski definition) is 6. The number of amides is 1. The van der Waals surface area contributed by atoms with Crippen molar-refractivity contribution in [3.05, 3.63) is 46.3 Å². The highest BCUT2D eigenvalue weighted by Gasteiger charge is 2.14. The molecule has 0 saturated carbocycles. The lowest BCUT2D eigenvalue weighted by atomic mass is 10.2. The fourth-order valence-electron chi connectivity index (χ4n) is 2.12. The third-order valence-corrected chi connectivity index (χ3v) is 4.92. The zero-order valence-corrected chi connectivity index (χ0v) is 14.4. The zero-order valence-electron chi connectivity index (χ0n) is 13.6. The lowest BCUT2D eigenvalue weighted by Crippen LogP contribution is -2.20. The predicted octanol–water partition coefficient (Wildman–Crippen LogP) is 3.74. The van der Waals surface area contributed by atoms with Gasteiger partial charge >= 0.3 is 6.08 Å². The minimum Gasteiger partial charge on any atom is -0.439 e. The Labute approximate surface area is 143 Å². The van der Waals surface area contributed by atoms with Gasteiger partial charge < -0.3 is 14.5 Å². The van der Waals surface area contributed by atoms with Crippen molar-refractivity contribution in [2.75, 3.05) is 11.9 Å². The van der Waals surface area contributed by atoms with Gasteiger partial charge in [0.2, 0.25) is 0 Å². The molecule has 0 radical (unpaired) electrons. The monoisotopic (exact) mass is 343 g/mol.